The standard InChI is InChI=1S/C14H19ClFNO2/c15-12-6-3-7-13(16)14(12)17-8-10(18)9-19-11-4-1-2-5-11/h3,6-7,10-11,17-18H,1-2,4-5,8-9H2. The number of hydrogen-bond acceptors (Lipinski definition) is 3. The molecule has 0 radical (unpaired) electrons. The van der Waals surface area contributed by atoms with Crippen LogP contribution in [0.25, 0.3) is 0 Å². The van der Waals surface area contributed by atoms with E-state index in [0.29, 0.717) is 5.02 Å². The highest BCUT2D eigenvalue weighted by molar-refractivity contribution is 6.33. The number of rotatable bonds is 6. The molecule has 1 aliphatic carbocycles. The lowest BCUT2D eigenvalue weighted by molar-refractivity contribution is -0.00119. The van der Waals surface area contributed by atoms with E-state index in [9.17, 15) is 9.50 Å². The minimum atomic E-state index is -0.670. The van der Waals surface area contributed by atoms with Crippen LogP contribution in [0.2, 0.25) is 5.02 Å². The number of halogens is 2. The second-order valence-corrected chi connectivity index (χ2v) is 5.28. The molecule has 19 heavy (non-hydrogen) atoms. The van der Waals surface area contributed by atoms with E-state index in [4.69, 9.17) is 16.3 Å². The van der Waals surface area contributed by atoms with Crippen LogP contribution in [-0.2, 0) is 4.74 Å². The van der Waals surface area contributed by atoms with Crippen molar-refractivity contribution in [3.8, 4) is 0 Å². The fourth-order valence-corrected chi connectivity index (χ4v) is 2.48. The van der Waals surface area contributed by atoms with Gasteiger partial charge in [0.1, 0.15) is 5.82 Å². The third-order valence-electron chi connectivity index (χ3n) is 3.30. The van der Waals surface area contributed by atoms with Gasteiger partial charge in [-0.25, -0.2) is 4.39 Å². The zero-order chi connectivity index (χ0) is 13.7. The van der Waals surface area contributed by atoms with E-state index < -0.39 is 11.9 Å². The summed E-state index contributed by atoms with van der Waals surface area (Å²) in [5.41, 5.74) is 0.226. The van der Waals surface area contributed by atoms with Gasteiger partial charge in [-0.2, -0.15) is 0 Å². The second kappa shape index (κ2) is 7.08. The van der Waals surface area contributed by atoms with Gasteiger partial charge in [-0.1, -0.05) is 30.5 Å². The Morgan fingerprint density at radius 1 is 1.42 bits per heavy atom. The van der Waals surface area contributed by atoms with E-state index in [1.54, 1.807) is 12.1 Å². The minimum Gasteiger partial charge on any atom is -0.389 e. The van der Waals surface area contributed by atoms with Crippen molar-refractivity contribution in [1.29, 1.82) is 0 Å². The van der Waals surface area contributed by atoms with Gasteiger partial charge in [0, 0.05) is 6.54 Å². The van der Waals surface area contributed by atoms with Crippen molar-refractivity contribution in [2.75, 3.05) is 18.5 Å². The van der Waals surface area contributed by atoms with Gasteiger partial charge >= 0.3 is 0 Å². The molecular weight excluding hydrogens is 269 g/mol. The number of aliphatic hydroxyl groups is 1. The summed E-state index contributed by atoms with van der Waals surface area (Å²) < 4.78 is 19.1. The van der Waals surface area contributed by atoms with Crippen LogP contribution < -0.4 is 5.32 Å². The van der Waals surface area contributed by atoms with E-state index in [1.165, 1.54) is 18.9 Å². The number of aliphatic hydroxyl groups excluding tert-OH is 1. The first kappa shape index (κ1) is 14.6. The molecule has 0 aliphatic heterocycles. The van der Waals surface area contributed by atoms with E-state index >= 15 is 0 Å². The Bertz CT molecular complexity index is 390. The normalized spacial score (nSPS) is 17.6. The Hall–Kier alpha value is -0.840. The number of ether oxygens (including phenoxy) is 1. The lowest BCUT2D eigenvalue weighted by Crippen LogP contribution is -2.27. The van der Waals surface area contributed by atoms with Gasteiger partial charge in [0.25, 0.3) is 0 Å². The smallest absolute Gasteiger partial charge is 0.147 e. The van der Waals surface area contributed by atoms with Crippen molar-refractivity contribution >= 4 is 17.3 Å². The monoisotopic (exact) mass is 287 g/mol. The van der Waals surface area contributed by atoms with E-state index in [2.05, 4.69) is 5.32 Å². The topological polar surface area (TPSA) is 41.5 Å². The van der Waals surface area contributed by atoms with Gasteiger partial charge in [-0.3, -0.25) is 0 Å². The third kappa shape index (κ3) is 4.34. The summed E-state index contributed by atoms with van der Waals surface area (Å²) in [7, 11) is 0. The Balaban J connectivity index is 1.75. The molecule has 1 saturated carbocycles. The van der Waals surface area contributed by atoms with Crippen LogP contribution in [0.15, 0.2) is 18.2 Å². The highest BCUT2D eigenvalue weighted by Crippen LogP contribution is 2.24. The molecule has 3 nitrogen and oxygen atoms in total. The Labute approximate surface area is 117 Å². The van der Waals surface area contributed by atoms with E-state index in [1.807, 2.05) is 0 Å². The molecule has 1 atom stereocenters. The van der Waals surface area contributed by atoms with Crippen LogP contribution in [0.4, 0.5) is 10.1 Å². The molecule has 5 heteroatoms. The molecule has 106 valence electrons. The summed E-state index contributed by atoms with van der Waals surface area (Å²) in [6.45, 7) is 0.483. The zero-order valence-electron chi connectivity index (χ0n) is 10.7. The minimum absolute atomic E-state index is 0.216. The van der Waals surface area contributed by atoms with Gasteiger partial charge in [0.05, 0.1) is 29.5 Å². The van der Waals surface area contributed by atoms with Crippen molar-refractivity contribution < 1.29 is 14.2 Å². The Morgan fingerprint density at radius 2 is 2.16 bits per heavy atom. The predicted octanol–water partition coefficient (Wildman–Crippen LogP) is 3.21. The van der Waals surface area contributed by atoms with Gasteiger partial charge in [0.15, 0.2) is 0 Å². The summed E-state index contributed by atoms with van der Waals surface area (Å²) in [4.78, 5) is 0. The molecule has 0 amide bonds. The van der Waals surface area contributed by atoms with Crippen molar-refractivity contribution in [3.05, 3.63) is 29.0 Å². The molecule has 2 N–H and O–H groups in total. The fourth-order valence-electron chi connectivity index (χ4n) is 2.25. The maximum atomic E-state index is 13.5. The molecule has 1 aromatic carbocycles. The van der Waals surface area contributed by atoms with Gasteiger partial charge in [-0.15, -0.1) is 0 Å². The molecular formula is C14H19ClFNO2. The molecule has 0 spiro atoms. The predicted molar refractivity (Wildman–Crippen MR) is 74.1 cm³/mol. The highest BCUT2D eigenvalue weighted by atomic mass is 35.5. The third-order valence-corrected chi connectivity index (χ3v) is 3.62. The molecule has 1 fully saturated rings. The average Bonchev–Trinajstić information content (AvgIpc) is 2.89. The molecule has 2 rings (SSSR count). The van der Waals surface area contributed by atoms with Gasteiger partial charge in [-0.05, 0) is 25.0 Å². The quantitative estimate of drug-likeness (QED) is 0.844. The molecule has 1 unspecified atom stereocenters. The maximum absolute atomic E-state index is 13.5. The van der Waals surface area contributed by atoms with Gasteiger partial charge in [0.2, 0.25) is 0 Å². The van der Waals surface area contributed by atoms with Crippen molar-refractivity contribution in [2.45, 2.75) is 37.9 Å². The van der Waals surface area contributed by atoms with Crippen LogP contribution in [0.5, 0.6) is 0 Å². The summed E-state index contributed by atoms with van der Waals surface area (Å²) in [5.74, 6) is -0.420. The molecule has 0 bridgehead atoms. The number of nitrogens with one attached hydrogen (secondary N) is 1. The lowest BCUT2D eigenvalue weighted by Gasteiger charge is -2.17. The maximum Gasteiger partial charge on any atom is 0.147 e. The first-order valence-corrected chi connectivity index (χ1v) is 7.02. The summed E-state index contributed by atoms with van der Waals surface area (Å²) in [6, 6.07) is 4.48. The largest absolute Gasteiger partial charge is 0.389 e. The van der Waals surface area contributed by atoms with Crippen molar-refractivity contribution in [1.82, 2.24) is 0 Å². The first-order chi connectivity index (χ1) is 9.16. The van der Waals surface area contributed by atoms with Crippen molar-refractivity contribution in [2.24, 2.45) is 0 Å². The summed E-state index contributed by atoms with van der Waals surface area (Å²) >= 11 is 5.88. The Morgan fingerprint density at radius 3 is 2.84 bits per heavy atom. The van der Waals surface area contributed by atoms with Crippen LogP contribution in [0.1, 0.15) is 25.7 Å². The first-order valence-electron chi connectivity index (χ1n) is 6.64. The number of anilines is 1. The summed E-state index contributed by atoms with van der Waals surface area (Å²) in [5, 5.41) is 12.9. The van der Waals surface area contributed by atoms with Crippen molar-refractivity contribution in [3.63, 3.8) is 0 Å². The molecule has 1 aliphatic rings. The van der Waals surface area contributed by atoms with E-state index in [0.717, 1.165) is 12.8 Å². The zero-order valence-corrected chi connectivity index (χ0v) is 11.5. The highest BCUT2D eigenvalue weighted by Gasteiger charge is 2.17. The number of hydrogen-bond donors (Lipinski definition) is 2. The second-order valence-electron chi connectivity index (χ2n) is 4.87. The van der Waals surface area contributed by atoms with E-state index in [-0.39, 0.29) is 24.9 Å². The fraction of sp³-hybridized carbons (Fsp3) is 0.571. The number of para-hydroxylation sites is 1. The Kier molecular flexibility index (Phi) is 5.43. The molecule has 1 aromatic rings. The van der Waals surface area contributed by atoms with Crippen LogP contribution in [0.3, 0.4) is 0 Å². The summed E-state index contributed by atoms with van der Waals surface area (Å²) in [6.07, 6.45) is 4.13. The van der Waals surface area contributed by atoms with Crippen LogP contribution in [-0.4, -0.2) is 30.5 Å². The number of benzene rings is 1. The lowest BCUT2D eigenvalue weighted by atomic mass is 10.2. The average molecular weight is 288 g/mol. The molecule has 0 heterocycles. The molecule has 0 saturated heterocycles. The SMILES string of the molecule is OC(CNc1c(F)cccc1Cl)COC1CCCC1. The van der Waals surface area contributed by atoms with Crippen LogP contribution >= 0.6 is 11.6 Å². The van der Waals surface area contributed by atoms with Gasteiger partial charge < -0.3 is 15.2 Å². The van der Waals surface area contributed by atoms with Crippen LogP contribution in [0, 0.1) is 5.82 Å². The molecule has 0 aromatic heterocycles.